The lowest BCUT2D eigenvalue weighted by Crippen LogP contribution is -2.47. The second-order valence-electron chi connectivity index (χ2n) is 5.80. The number of nitrogens with zero attached hydrogens (tertiary/aromatic N) is 3. The fraction of sp³-hybridized carbons (Fsp3) is 0.333. The molecule has 1 unspecified atom stereocenters. The summed E-state index contributed by atoms with van der Waals surface area (Å²) in [5.41, 5.74) is 0.192. The van der Waals surface area contributed by atoms with Crippen LogP contribution in [-0.2, 0) is 9.47 Å². The summed E-state index contributed by atoms with van der Waals surface area (Å²) in [5.74, 6) is -1.38. The maximum absolute atomic E-state index is 13.7. The Kier molecular flexibility index (Phi) is 5.92. The van der Waals surface area contributed by atoms with Crippen LogP contribution in [0.5, 0.6) is 5.75 Å². The first-order chi connectivity index (χ1) is 13.1. The van der Waals surface area contributed by atoms with Gasteiger partial charge in [0.2, 0.25) is 5.95 Å². The summed E-state index contributed by atoms with van der Waals surface area (Å²) in [4.78, 5) is 32.9. The number of hydrogen-bond acceptors (Lipinski definition) is 7. The lowest BCUT2D eigenvalue weighted by molar-refractivity contribution is -0.0403. The predicted molar refractivity (Wildman–Crippen MR) is 90.9 cm³/mol. The zero-order valence-electron chi connectivity index (χ0n) is 14.6. The van der Waals surface area contributed by atoms with Crippen molar-refractivity contribution < 1.29 is 28.2 Å². The van der Waals surface area contributed by atoms with Crippen LogP contribution < -0.4 is 4.74 Å². The van der Waals surface area contributed by atoms with E-state index < -0.39 is 23.9 Å². The number of halogens is 1. The van der Waals surface area contributed by atoms with Crippen LogP contribution in [0.25, 0.3) is 0 Å². The summed E-state index contributed by atoms with van der Waals surface area (Å²) < 4.78 is 29.6. The summed E-state index contributed by atoms with van der Waals surface area (Å²) in [7, 11) is 1.28. The molecular formula is C18H18FN3O5. The quantitative estimate of drug-likeness (QED) is 0.575. The number of morpholine rings is 1. The van der Waals surface area contributed by atoms with E-state index in [0.29, 0.717) is 18.9 Å². The van der Waals surface area contributed by atoms with Gasteiger partial charge in [-0.2, -0.15) is 4.39 Å². The second-order valence-corrected chi connectivity index (χ2v) is 5.80. The zero-order valence-corrected chi connectivity index (χ0v) is 14.6. The van der Waals surface area contributed by atoms with Crippen LogP contribution in [0, 0.1) is 5.95 Å². The molecule has 8 nitrogen and oxygen atoms in total. The first kappa shape index (κ1) is 18.7. The van der Waals surface area contributed by atoms with E-state index in [9.17, 15) is 14.0 Å². The van der Waals surface area contributed by atoms with Crippen molar-refractivity contribution in [3.8, 4) is 5.75 Å². The van der Waals surface area contributed by atoms with E-state index in [4.69, 9.17) is 9.47 Å². The Bertz CT molecular complexity index is 832. The van der Waals surface area contributed by atoms with Crippen molar-refractivity contribution in [2.45, 2.75) is 6.10 Å². The standard InChI is InChI=1S/C18H18FN3O5/c1-25-18(24)12-7-13(9-20-8-12)27-11-14-10-22(5-6-26-14)17(23)15-3-2-4-21-16(15)19/h2-4,7-9,14H,5-6,10-11H2,1H3. The highest BCUT2D eigenvalue weighted by molar-refractivity contribution is 5.94. The molecule has 1 saturated heterocycles. The number of amides is 1. The van der Waals surface area contributed by atoms with Crippen LogP contribution in [0.2, 0.25) is 0 Å². The summed E-state index contributed by atoms with van der Waals surface area (Å²) in [6, 6.07) is 4.42. The molecule has 27 heavy (non-hydrogen) atoms. The van der Waals surface area contributed by atoms with E-state index in [1.54, 1.807) is 0 Å². The Morgan fingerprint density at radius 2 is 2.26 bits per heavy atom. The fourth-order valence-electron chi connectivity index (χ4n) is 2.64. The molecule has 0 aromatic carbocycles. The molecule has 0 bridgehead atoms. The van der Waals surface area contributed by atoms with Gasteiger partial charge in [-0.3, -0.25) is 9.78 Å². The average Bonchev–Trinajstić information content (AvgIpc) is 2.72. The second kappa shape index (κ2) is 8.54. The molecular weight excluding hydrogens is 357 g/mol. The van der Waals surface area contributed by atoms with Gasteiger partial charge in [-0.25, -0.2) is 9.78 Å². The fourth-order valence-corrected chi connectivity index (χ4v) is 2.64. The van der Waals surface area contributed by atoms with Crippen LogP contribution >= 0.6 is 0 Å². The molecule has 2 aromatic heterocycles. The van der Waals surface area contributed by atoms with Gasteiger partial charge in [0.1, 0.15) is 18.5 Å². The minimum absolute atomic E-state index is 0.0750. The number of carbonyl (C=O) groups is 2. The number of hydrogen-bond donors (Lipinski definition) is 0. The van der Waals surface area contributed by atoms with Crippen molar-refractivity contribution in [2.24, 2.45) is 0 Å². The maximum Gasteiger partial charge on any atom is 0.339 e. The molecule has 3 heterocycles. The number of aromatic nitrogens is 2. The zero-order chi connectivity index (χ0) is 19.2. The number of carbonyl (C=O) groups excluding carboxylic acids is 2. The first-order valence-electron chi connectivity index (χ1n) is 8.26. The number of pyridine rings is 2. The van der Waals surface area contributed by atoms with Crippen molar-refractivity contribution >= 4 is 11.9 Å². The Morgan fingerprint density at radius 3 is 3.04 bits per heavy atom. The minimum atomic E-state index is -0.799. The van der Waals surface area contributed by atoms with Crippen LogP contribution in [0.4, 0.5) is 4.39 Å². The molecule has 0 spiro atoms. The highest BCUT2D eigenvalue weighted by Gasteiger charge is 2.27. The molecule has 9 heteroatoms. The van der Waals surface area contributed by atoms with Crippen molar-refractivity contribution in [2.75, 3.05) is 33.4 Å². The number of rotatable bonds is 5. The van der Waals surface area contributed by atoms with Crippen molar-refractivity contribution in [1.29, 1.82) is 0 Å². The molecule has 0 aliphatic carbocycles. The van der Waals surface area contributed by atoms with Gasteiger partial charge in [0.25, 0.3) is 5.91 Å². The summed E-state index contributed by atoms with van der Waals surface area (Å²) in [6.45, 7) is 1.05. The number of esters is 1. The van der Waals surface area contributed by atoms with Gasteiger partial charge in [-0.1, -0.05) is 0 Å². The number of ether oxygens (including phenoxy) is 3. The highest BCUT2D eigenvalue weighted by Crippen LogP contribution is 2.16. The normalized spacial score (nSPS) is 16.7. The summed E-state index contributed by atoms with van der Waals surface area (Å²) in [6.07, 6.45) is 3.73. The Hall–Kier alpha value is -3.07. The molecule has 1 fully saturated rings. The van der Waals surface area contributed by atoms with Gasteiger partial charge in [0, 0.05) is 18.9 Å². The van der Waals surface area contributed by atoms with Crippen LogP contribution in [-0.4, -0.2) is 66.3 Å². The first-order valence-corrected chi connectivity index (χ1v) is 8.26. The van der Waals surface area contributed by atoms with E-state index in [1.165, 1.54) is 48.8 Å². The molecule has 1 aliphatic rings. The molecule has 1 atom stereocenters. The van der Waals surface area contributed by atoms with Gasteiger partial charge in [-0.15, -0.1) is 0 Å². The maximum atomic E-state index is 13.7. The van der Waals surface area contributed by atoms with Gasteiger partial charge >= 0.3 is 5.97 Å². The molecule has 0 saturated carbocycles. The lowest BCUT2D eigenvalue weighted by atomic mass is 10.2. The predicted octanol–water partition coefficient (Wildman–Crippen LogP) is 1.32. The minimum Gasteiger partial charge on any atom is -0.489 e. The monoisotopic (exact) mass is 375 g/mol. The van der Waals surface area contributed by atoms with Gasteiger partial charge in [-0.05, 0) is 18.2 Å². The Morgan fingerprint density at radius 1 is 1.41 bits per heavy atom. The van der Waals surface area contributed by atoms with E-state index >= 15 is 0 Å². The van der Waals surface area contributed by atoms with Crippen molar-refractivity contribution in [1.82, 2.24) is 14.9 Å². The SMILES string of the molecule is COC(=O)c1cncc(OCC2CN(C(=O)c3cccnc3F)CCO2)c1. The molecule has 0 radical (unpaired) electrons. The molecule has 1 amide bonds. The van der Waals surface area contributed by atoms with E-state index in [1.807, 2.05) is 0 Å². The largest absolute Gasteiger partial charge is 0.489 e. The molecule has 0 N–H and O–H groups in total. The highest BCUT2D eigenvalue weighted by atomic mass is 19.1. The molecule has 1 aliphatic heterocycles. The van der Waals surface area contributed by atoms with Crippen LogP contribution in [0.1, 0.15) is 20.7 Å². The third-order valence-electron chi connectivity index (χ3n) is 3.99. The summed E-state index contributed by atoms with van der Waals surface area (Å²) >= 11 is 0. The Balaban J connectivity index is 1.60. The van der Waals surface area contributed by atoms with E-state index in [-0.39, 0.29) is 24.3 Å². The Labute approximate surface area is 154 Å². The number of methoxy groups -OCH3 is 1. The van der Waals surface area contributed by atoms with Crippen molar-refractivity contribution in [3.63, 3.8) is 0 Å². The van der Waals surface area contributed by atoms with Gasteiger partial charge in [0.15, 0.2) is 0 Å². The lowest BCUT2D eigenvalue weighted by Gasteiger charge is -2.32. The van der Waals surface area contributed by atoms with Crippen molar-refractivity contribution in [3.05, 3.63) is 53.9 Å². The van der Waals surface area contributed by atoms with E-state index in [2.05, 4.69) is 14.7 Å². The van der Waals surface area contributed by atoms with Crippen LogP contribution in [0.3, 0.4) is 0 Å². The topological polar surface area (TPSA) is 90.9 Å². The molecule has 3 rings (SSSR count). The van der Waals surface area contributed by atoms with Gasteiger partial charge < -0.3 is 19.1 Å². The molecule has 2 aromatic rings. The van der Waals surface area contributed by atoms with Crippen LogP contribution in [0.15, 0.2) is 36.8 Å². The smallest absolute Gasteiger partial charge is 0.339 e. The summed E-state index contributed by atoms with van der Waals surface area (Å²) in [5, 5.41) is 0. The molecule has 142 valence electrons. The average molecular weight is 375 g/mol. The van der Waals surface area contributed by atoms with E-state index in [0.717, 1.165) is 0 Å². The van der Waals surface area contributed by atoms with Gasteiger partial charge in [0.05, 0.1) is 37.6 Å². The third-order valence-corrected chi connectivity index (χ3v) is 3.99. The third kappa shape index (κ3) is 4.56.